The number of H-pyrrole nitrogens is 1. The van der Waals surface area contributed by atoms with Crippen LogP contribution in [0.2, 0.25) is 0 Å². The summed E-state index contributed by atoms with van der Waals surface area (Å²) in [4.78, 5) is 18.9. The van der Waals surface area contributed by atoms with Gasteiger partial charge in [0.15, 0.2) is 0 Å². The van der Waals surface area contributed by atoms with Gasteiger partial charge in [0.1, 0.15) is 11.5 Å². The van der Waals surface area contributed by atoms with Gasteiger partial charge in [0.25, 0.3) is 5.91 Å². The lowest BCUT2D eigenvalue weighted by molar-refractivity contribution is 0.0932. The molecule has 0 saturated heterocycles. The number of aromatic nitrogens is 2. The summed E-state index contributed by atoms with van der Waals surface area (Å²) in [6.07, 6.45) is 1.59. The number of hydrogen-bond acceptors (Lipinski definition) is 3. The lowest BCUT2D eigenvalue weighted by Gasteiger charge is -2.00. The molecule has 0 aliphatic rings. The zero-order chi connectivity index (χ0) is 12.8. The molecule has 0 saturated carbocycles. The Bertz CT molecular complexity index is 508. The first-order valence-electron chi connectivity index (χ1n) is 5.60. The van der Waals surface area contributed by atoms with E-state index < -0.39 is 0 Å². The number of amides is 1. The van der Waals surface area contributed by atoms with Crippen molar-refractivity contribution in [3.63, 3.8) is 0 Å². The summed E-state index contributed by atoms with van der Waals surface area (Å²) in [5.74, 6) is 0.456. The van der Waals surface area contributed by atoms with Crippen LogP contribution in [0.5, 0.6) is 0 Å². The molecule has 1 heterocycles. The van der Waals surface area contributed by atoms with E-state index >= 15 is 0 Å². The van der Waals surface area contributed by atoms with Gasteiger partial charge in [-0.15, -0.1) is 0 Å². The Labute approximate surface area is 105 Å². The zero-order valence-corrected chi connectivity index (χ0v) is 10.1. The van der Waals surface area contributed by atoms with Crippen LogP contribution in [-0.4, -0.2) is 36.1 Å². The molecule has 18 heavy (non-hydrogen) atoms. The van der Waals surface area contributed by atoms with Crippen LogP contribution in [-0.2, 0) is 4.74 Å². The highest BCUT2D eigenvalue weighted by molar-refractivity contribution is 5.92. The van der Waals surface area contributed by atoms with E-state index in [0.29, 0.717) is 24.7 Å². The third kappa shape index (κ3) is 2.95. The topological polar surface area (TPSA) is 67.0 Å². The normalized spacial score (nSPS) is 10.3. The van der Waals surface area contributed by atoms with E-state index in [9.17, 15) is 4.79 Å². The van der Waals surface area contributed by atoms with Crippen molar-refractivity contribution in [1.29, 1.82) is 0 Å². The molecule has 2 aromatic rings. The predicted octanol–water partition coefficient (Wildman–Crippen LogP) is 1.25. The van der Waals surface area contributed by atoms with Gasteiger partial charge in [-0.1, -0.05) is 24.3 Å². The summed E-state index contributed by atoms with van der Waals surface area (Å²) in [6, 6.07) is 10.3. The first kappa shape index (κ1) is 12.3. The molecule has 0 bridgehead atoms. The number of benzene rings is 1. The Morgan fingerprint density at radius 1 is 1.50 bits per heavy atom. The highest BCUT2D eigenvalue weighted by Crippen LogP contribution is 2.14. The molecule has 0 atom stereocenters. The summed E-state index contributed by atoms with van der Waals surface area (Å²) in [5.41, 5.74) is 1.29. The lowest BCUT2D eigenvalue weighted by atomic mass is 10.2. The van der Waals surface area contributed by atoms with E-state index in [1.165, 1.54) is 0 Å². The molecular weight excluding hydrogens is 230 g/mol. The molecular formula is C13H14N3O2. The first-order valence-corrected chi connectivity index (χ1v) is 5.60. The molecule has 2 N–H and O–H groups in total. The minimum absolute atomic E-state index is 0.211. The van der Waals surface area contributed by atoms with Gasteiger partial charge in [0, 0.05) is 25.4 Å². The molecule has 1 radical (unpaired) electrons. The Morgan fingerprint density at radius 3 is 3.00 bits per heavy atom. The van der Waals surface area contributed by atoms with E-state index in [1.54, 1.807) is 25.4 Å². The minimum Gasteiger partial charge on any atom is -0.383 e. The van der Waals surface area contributed by atoms with E-state index in [1.807, 2.05) is 12.1 Å². The highest BCUT2D eigenvalue weighted by atomic mass is 16.5. The maximum atomic E-state index is 11.7. The predicted molar refractivity (Wildman–Crippen MR) is 67.1 cm³/mol. The number of methoxy groups -OCH3 is 1. The summed E-state index contributed by atoms with van der Waals surface area (Å²) in [6.45, 7) is 0.954. The molecule has 0 aliphatic carbocycles. The van der Waals surface area contributed by atoms with Gasteiger partial charge in [-0.2, -0.15) is 0 Å². The molecule has 93 valence electrons. The number of aromatic amines is 1. The van der Waals surface area contributed by atoms with Crippen molar-refractivity contribution in [3.8, 4) is 11.4 Å². The fraction of sp³-hybridized carbons (Fsp3) is 0.231. The molecule has 0 aliphatic heterocycles. The molecule has 5 heteroatoms. The zero-order valence-electron chi connectivity index (χ0n) is 10.1. The molecule has 0 unspecified atom stereocenters. The third-order valence-electron chi connectivity index (χ3n) is 2.39. The van der Waals surface area contributed by atoms with E-state index in [2.05, 4.69) is 21.4 Å². The summed E-state index contributed by atoms with van der Waals surface area (Å²) in [5, 5.41) is 2.71. The van der Waals surface area contributed by atoms with Crippen molar-refractivity contribution < 1.29 is 9.53 Å². The van der Waals surface area contributed by atoms with E-state index in [0.717, 1.165) is 5.56 Å². The average molecular weight is 244 g/mol. The molecule has 2 rings (SSSR count). The van der Waals surface area contributed by atoms with Crippen LogP contribution in [0.3, 0.4) is 0 Å². The van der Waals surface area contributed by atoms with Crippen LogP contribution >= 0.6 is 0 Å². The fourth-order valence-corrected chi connectivity index (χ4v) is 1.49. The van der Waals surface area contributed by atoms with Crippen molar-refractivity contribution in [3.05, 3.63) is 42.2 Å². The minimum atomic E-state index is -0.211. The quantitative estimate of drug-likeness (QED) is 0.778. The number of carbonyl (C=O) groups excluding carboxylic acids is 1. The number of rotatable bonds is 5. The maximum Gasteiger partial charge on any atom is 0.271 e. The van der Waals surface area contributed by atoms with Crippen molar-refractivity contribution in [2.24, 2.45) is 0 Å². The number of hydrogen-bond donors (Lipinski definition) is 2. The van der Waals surface area contributed by atoms with Gasteiger partial charge in [0.05, 0.1) is 6.61 Å². The van der Waals surface area contributed by atoms with Crippen LogP contribution in [0, 0.1) is 6.07 Å². The Kier molecular flexibility index (Phi) is 4.09. The Hall–Kier alpha value is -2.14. The number of ether oxygens (including phenoxy) is 1. The second kappa shape index (κ2) is 5.97. The monoisotopic (exact) mass is 244 g/mol. The third-order valence-corrected chi connectivity index (χ3v) is 2.39. The second-order valence-electron chi connectivity index (χ2n) is 3.67. The van der Waals surface area contributed by atoms with Crippen LogP contribution in [0.25, 0.3) is 11.4 Å². The van der Waals surface area contributed by atoms with Gasteiger partial charge in [-0.3, -0.25) is 4.79 Å². The number of carbonyl (C=O) groups is 1. The fourth-order valence-electron chi connectivity index (χ4n) is 1.49. The van der Waals surface area contributed by atoms with Gasteiger partial charge < -0.3 is 15.0 Å². The van der Waals surface area contributed by atoms with Crippen molar-refractivity contribution >= 4 is 5.91 Å². The van der Waals surface area contributed by atoms with Crippen LogP contribution < -0.4 is 5.32 Å². The summed E-state index contributed by atoms with van der Waals surface area (Å²) < 4.78 is 4.86. The summed E-state index contributed by atoms with van der Waals surface area (Å²) >= 11 is 0. The van der Waals surface area contributed by atoms with Crippen LogP contribution in [0.15, 0.2) is 30.5 Å². The SMILES string of the molecule is COCCNC(=O)c1c[nH]c(-c2cc[c]cc2)n1. The van der Waals surface area contributed by atoms with E-state index in [-0.39, 0.29) is 5.91 Å². The van der Waals surface area contributed by atoms with E-state index in [4.69, 9.17) is 4.74 Å². The molecule has 1 aromatic carbocycles. The number of imidazole rings is 1. The van der Waals surface area contributed by atoms with Gasteiger partial charge in [0.2, 0.25) is 0 Å². The Balaban J connectivity index is 2.04. The molecule has 0 spiro atoms. The standard InChI is InChI=1S/C13H14N3O2/c1-18-8-7-14-13(17)11-9-15-12(16-11)10-5-3-2-4-6-10/h3-6,9H,7-8H2,1H3,(H,14,17)(H,15,16). The molecule has 1 amide bonds. The van der Waals surface area contributed by atoms with Crippen molar-refractivity contribution in [1.82, 2.24) is 15.3 Å². The molecule has 0 fully saturated rings. The van der Waals surface area contributed by atoms with Crippen molar-refractivity contribution in [2.75, 3.05) is 20.3 Å². The first-order chi connectivity index (χ1) is 8.81. The number of nitrogens with one attached hydrogen (secondary N) is 2. The largest absolute Gasteiger partial charge is 0.383 e. The molecule has 5 nitrogen and oxygen atoms in total. The van der Waals surface area contributed by atoms with Crippen LogP contribution in [0.4, 0.5) is 0 Å². The van der Waals surface area contributed by atoms with Gasteiger partial charge in [-0.25, -0.2) is 4.98 Å². The van der Waals surface area contributed by atoms with Gasteiger partial charge in [-0.05, 0) is 6.07 Å². The van der Waals surface area contributed by atoms with Gasteiger partial charge >= 0.3 is 0 Å². The average Bonchev–Trinajstić information content (AvgIpc) is 2.89. The van der Waals surface area contributed by atoms with Crippen LogP contribution in [0.1, 0.15) is 10.5 Å². The number of nitrogens with zero attached hydrogens (tertiary/aromatic N) is 1. The van der Waals surface area contributed by atoms with Crippen molar-refractivity contribution in [2.45, 2.75) is 0 Å². The highest BCUT2D eigenvalue weighted by Gasteiger charge is 2.10. The second-order valence-corrected chi connectivity index (χ2v) is 3.67. The smallest absolute Gasteiger partial charge is 0.271 e. The maximum absolute atomic E-state index is 11.7. The lowest BCUT2D eigenvalue weighted by Crippen LogP contribution is -2.27. The molecule has 1 aromatic heterocycles. The summed E-state index contributed by atoms with van der Waals surface area (Å²) in [7, 11) is 1.59. The Morgan fingerprint density at radius 2 is 2.28 bits per heavy atom.